The molecule has 6 nitrogen and oxygen atoms in total. The molecule has 2 aromatic rings. The largest absolute Gasteiger partial charge is 0.496 e. The van der Waals surface area contributed by atoms with Crippen molar-refractivity contribution in [3.63, 3.8) is 0 Å². The molecular formula is C21H27F2N3O3. The van der Waals surface area contributed by atoms with Gasteiger partial charge < -0.3 is 24.8 Å². The van der Waals surface area contributed by atoms with Crippen molar-refractivity contribution in [3.05, 3.63) is 53.6 Å². The van der Waals surface area contributed by atoms with Gasteiger partial charge in [0.15, 0.2) is 17.5 Å². The third-order valence-corrected chi connectivity index (χ3v) is 4.09. The van der Waals surface area contributed by atoms with Gasteiger partial charge >= 0.3 is 6.61 Å². The Balaban J connectivity index is 2.01. The molecule has 0 bridgehead atoms. The lowest BCUT2D eigenvalue weighted by atomic mass is 10.1. The Labute approximate surface area is 169 Å². The first-order valence-electron chi connectivity index (χ1n) is 9.33. The number of nitrogens with zero attached hydrogens (tertiary/aromatic N) is 1. The van der Waals surface area contributed by atoms with E-state index in [4.69, 9.17) is 9.47 Å². The van der Waals surface area contributed by atoms with Crippen molar-refractivity contribution in [1.82, 2.24) is 10.6 Å². The lowest BCUT2D eigenvalue weighted by Gasteiger charge is -2.13. The third kappa shape index (κ3) is 7.14. The van der Waals surface area contributed by atoms with Crippen LogP contribution in [0.25, 0.3) is 0 Å². The van der Waals surface area contributed by atoms with E-state index in [0.717, 1.165) is 23.3 Å². The molecule has 2 rings (SSSR count). The van der Waals surface area contributed by atoms with Crippen LogP contribution in [0.4, 0.5) is 8.78 Å². The number of alkyl halides is 2. The first-order valence-corrected chi connectivity index (χ1v) is 9.33. The molecule has 0 aromatic heterocycles. The number of halogens is 2. The fraction of sp³-hybridized carbons (Fsp3) is 0.381. The predicted octanol–water partition coefficient (Wildman–Crippen LogP) is 3.60. The SMILES string of the molecule is CCNC(=NCc1ccc(OC)c(OC(F)F)c1)NCCc1ccccc1OC. The van der Waals surface area contributed by atoms with E-state index in [1.54, 1.807) is 19.2 Å². The minimum atomic E-state index is -2.92. The van der Waals surface area contributed by atoms with Gasteiger partial charge in [-0.15, -0.1) is 0 Å². The quantitative estimate of drug-likeness (QED) is 0.465. The van der Waals surface area contributed by atoms with Crippen LogP contribution in [0.3, 0.4) is 0 Å². The summed E-state index contributed by atoms with van der Waals surface area (Å²) in [6, 6.07) is 12.7. The van der Waals surface area contributed by atoms with Gasteiger partial charge in [0.25, 0.3) is 0 Å². The van der Waals surface area contributed by atoms with E-state index in [2.05, 4.69) is 20.4 Å². The van der Waals surface area contributed by atoms with Crippen LogP contribution in [0.1, 0.15) is 18.1 Å². The van der Waals surface area contributed by atoms with E-state index in [0.29, 0.717) is 25.6 Å². The van der Waals surface area contributed by atoms with Crippen LogP contribution in [0.2, 0.25) is 0 Å². The van der Waals surface area contributed by atoms with Crippen LogP contribution >= 0.6 is 0 Å². The molecule has 0 atom stereocenters. The molecule has 0 amide bonds. The van der Waals surface area contributed by atoms with E-state index in [1.807, 2.05) is 31.2 Å². The van der Waals surface area contributed by atoms with Crippen molar-refractivity contribution >= 4 is 5.96 Å². The van der Waals surface area contributed by atoms with Crippen molar-refractivity contribution in [2.45, 2.75) is 26.5 Å². The summed E-state index contributed by atoms with van der Waals surface area (Å²) in [4.78, 5) is 4.51. The third-order valence-electron chi connectivity index (χ3n) is 4.09. The molecule has 0 aliphatic carbocycles. The number of ether oxygens (including phenoxy) is 3. The molecule has 0 unspecified atom stereocenters. The molecule has 0 radical (unpaired) electrons. The normalized spacial score (nSPS) is 11.3. The first-order chi connectivity index (χ1) is 14.1. The van der Waals surface area contributed by atoms with Crippen molar-refractivity contribution in [3.8, 4) is 17.2 Å². The zero-order valence-corrected chi connectivity index (χ0v) is 16.9. The smallest absolute Gasteiger partial charge is 0.387 e. The van der Waals surface area contributed by atoms with Gasteiger partial charge in [0, 0.05) is 13.1 Å². The van der Waals surface area contributed by atoms with E-state index < -0.39 is 6.61 Å². The van der Waals surface area contributed by atoms with Crippen LogP contribution in [-0.4, -0.2) is 39.9 Å². The lowest BCUT2D eigenvalue weighted by Crippen LogP contribution is -2.38. The van der Waals surface area contributed by atoms with Crippen LogP contribution in [0, 0.1) is 0 Å². The molecule has 0 heterocycles. The number of benzene rings is 2. The van der Waals surface area contributed by atoms with Gasteiger partial charge in [0.05, 0.1) is 20.8 Å². The van der Waals surface area contributed by atoms with E-state index >= 15 is 0 Å². The standard InChI is InChI=1S/C21H27F2N3O3/c1-4-24-21(25-12-11-16-7-5-6-8-17(16)27-2)26-14-15-9-10-18(28-3)19(13-15)29-20(22)23/h5-10,13,20H,4,11-12,14H2,1-3H3,(H2,24,25,26). The predicted molar refractivity (Wildman–Crippen MR) is 109 cm³/mol. The van der Waals surface area contributed by atoms with Crippen molar-refractivity contribution < 1.29 is 23.0 Å². The molecule has 0 saturated heterocycles. The van der Waals surface area contributed by atoms with Crippen molar-refractivity contribution in [2.75, 3.05) is 27.3 Å². The highest BCUT2D eigenvalue weighted by Gasteiger charge is 2.11. The van der Waals surface area contributed by atoms with E-state index in [9.17, 15) is 8.78 Å². The molecule has 0 fully saturated rings. The van der Waals surface area contributed by atoms with Gasteiger partial charge in [-0.1, -0.05) is 24.3 Å². The van der Waals surface area contributed by atoms with Crippen molar-refractivity contribution in [1.29, 1.82) is 0 Å². The molecule has 158 valence electrons. The molecule has 0 aliphatic rings. The Morgan fingerprint density at radius 1 is 1.00 bits per heavy atom. The highest BCUT2D eigenvalue weighted by Crippen LogP contribution is 2.29. The topological polar surface area (TPSA) is 64.1 Å². The lowest BCUT2D eigenvalue weighted by molar-refractivity contribution is -0.0512. The summed E-state index contributed by atoms with van der Waals surface area (Å²) in [7, 11) is 3.05. The summed E-state index contributed by atoms with van der Waals surface area (Å²) < 4.78 is 40.1. The number of aliphatic imine (C=N–C) groups is 1. The van der Waals surface area contributed by atoms with Crippen LogP contribution < -0.4 is 24.8 Å². The van der Waals surface area contributed by atoms with Gasteiger partial charge in [-0.2, -0.15) is 8.78 Å². The van der Waals surface area contributed by atoms with Gasteiger partial charge in [-0.05, 0) is 42.7 Å². The number of hydrogen-bond donors (Lipinski definition) is 2. The second-order valence-electron chi connectivity index (χ2n) is 6.05. The van der Waals surface area contributed by atoms with E-state index in [-0.39, 0.29) is 11.5 Å². The molecule has 0 spiro atoms. The van der Waals surface area contributed by atoms with Gasteiger partial charge in [-0.25, -0.2) is 4.99 Å². The number of methoxy groups -OCH3 is 2. The summed E-state index contributed by atoms with van der Waals surface area (Å²) in [6.07, 6.45) is 0.767. The Hall–Kier alpha value is -3.03. The zero-order valence-electron chi connectivity index (χ0n) is 16.9. The van der Waals surface area contributed by atoms with Crippen molar-refractivity contribution in [2.24, 2.45) is 4.99 Å². The van der Waals surface area contributed by atoms with Gasteiger partial charge in [0.2, 0.25) is 0 Å². The monoisotopic (exact) mass is 407 g/mol. The number of para-hydroxylation sites is 1. The Morgan fingerprint density at radius 3 is 2.45 bits per heavy atom. The average molecular weight is 407 g/mol. The maximum Gasteiger partial charge on any atom is 0.387 e. The average Bonchev–Trinajstić information content (AvgIpc) is 2.72. The number of nitrogens with one attached hydrogen (secondary N) is 2. The fourth-order valence-electron chi connectivity index (χ4n) is 2.74. The first kappa shape index (κ1) is 22.3. The molecular weight excluding hydrogens is 380 g/mol. The maximum atomic E-state index is 12.6. The molecule has 8 heteroatoms. The number of rotatable bonds is 10. The molecule has 0 aliphatic heterocycles. The minimum absolute atomic E-state index is 0.00988. The highest BCUT2D eigenvalue weighted by molar-refractivity contribution is 5.79. The summed E-state index contributed by atoms with van der Waals surface area (Å²) in [5.41, 5.74) is 1.82. The summed E-state index contributed by atoms with van der Waals surface area (Å²) in [5, 5.41) is 6.44. The molecule has 2 aromatic carbocycles. The Bertz CT molecular complexity index is 800. The van der Waals surface area contributed by atoms with Gasteiger partial charge in [0.1, 0.15) is 5.75 Å². The molecule has 0 saturated carbocycles. The Morgan fingerprint density at radius 2 is 1.76 bits per heavy atom. The van der Waals surface area contributed by atoms with Gasteiger partial charge in [-0.3, -0.25) is 0 Å². The highest BCUT2D eigenvalue weighted by atomic mass is 19.3. The molecule has 2 N–H and O–H groups in total. The van der Waals surface area contributed by atoms with E-state index in [1.165, 1.54) is 13.2 Å². The minimum Gasteiger partial charge on any atom is -0.496 e. The number of hydrogen-bond acceptors (Lipinski definition) is 4. The van der Waals surface area contributed by atoms with Crippen LogP contribution in [0.15, 0.2) is 47.5 Å². The van der Waals surface area contributed by atoms with Crippen LogP contribution in [0.5, 0.6) is 17.2 Å². The summed E-state index contributed by atoms with van der Waals surface area (Å²) in [6.45, 7) is 0.710. The number of guanidine groups is 1. The zero-order chi connectivity index (χ0) is 21.1. The summed E-state index contributed by atoms with van der Waals surface area (Å²) in [5.74, 6) is 1.72. The molecule has 29 heavy (non-hydrogen) atoms. The Kier molecular flexibility index (Phi) is 9.01. The van der Waals surface area contributed by atoms with Crippen LogP contribution in [-0.2, 0) is 13.0 Å². The fourth-order valence-corrected chi connectivity index (χ4v) is 2.74. The summed E-state index contributed by atoms with van der Waals surface area (Å²) >= 11 is 0. The second-order valence-corrected chi connectivity index (χ2v) is 6.05. The maximum absolute atomic E-state index is 12.6. The second kappa shape index (κ2) is 11.7.